The highest BCUT2D eigenvalue weighted by molar-refractivity contribution is 5.87. The molecule has 1 aromatic carbocycles. The van der Waals surface area contributed by atoms with E-state index in [4.69, 9.17) is 0 Å². The summed E-state index contributed by atoms with van der Waals surface area (Å²) in [5.41, 5.74) is 0.961. The SMILES string of the molecule is COC(=O)[C@@H](C)C[C@@H](NC(=O)CCC(=O)N[C@H](C)c1ccccc1)C(=O)OC. The van der Waals surface area contributed by atoms with Crippen LogP contribution in [0.3, 0.4) is 0 Å². The van der Waals surface area contributed by atoms with Gasteiger partial charge in [-0.2, -0.15) is 0 Å². The number of esters is 2. The first-order valence-electron chi connectivity index (χ1n) is 9.07. The lowest BCUT2D eigenvalue weighted by Gasteiger charge is -2.19. The number of nitrogens with one attached hydrogen (secondary N) is 2. The number of methoxy groups -OCH3 is 2. The molecule has 8 nitrogen and oxygen atoms in total. The van der Waals surface area contributed by atoms with Gasteiger partial charge in [0.05, 0.1) is 26.2 Å². The lowest BCUT2D eigenvalue weighted by atomic mass is 10.0. The van der Waals surface area contributed by atoms with Gasteiger partial charge in [0.1, 0.15) is 6.04 Å². The summed E-state index contributed by atoms with van der Waals surface area (Å²) >= 11 is 0. The Morgan fingerprint density at radius 2 is 1.39 bits per heavy atom. The van der Waals surface area contributed by atoms with Crippen LogP contribution in [0.15, 0.2) is 30.3 Å². The van der Waals surface area contributed by atoms with Crippen molar-refractivity contribution in [2.45, 2.75) is 45.2 Å². The zero-order chi connectivity index (χ0) is 21.1. The molecule has 2 N–H and O–H groups in total. The van der Waals surface area contributed by atoms with Crippen LogP contribution in [0.5, 0.6) is 0 Å². The van der Waals surface area contributed by atoms with Crippen molar-refractivity contribution in [2.24, 2.45) is 5.92 Å². The molecule has 0 saturated carbocycles. The molecular weight excluding hydrogens is 364 g/mol. The zero-order valence-corrected chi connectivity index (χ0v) is 16.7. The van der Waals surface area contributed by atoms with Crippen molar-refractivity contribution in [2.75, 3.05) is 14.2 Å². The topological polar surface area (TPSA) is 111 Å². The second-order valence-electron chi connectivity index (χ2n) is 6.50. The number of amides is 2. The molecule has 0 aliphatic heterocycles. The van der Waals surface area contributed by atoms with Crippen molar-refractivity contribution in [1.29, 1.82) is 0 Å². The Bertz CT molecular complexity index is 677. The summed E-state index contributed by atoms with van der Waals surface area (Å²) in [5.74, 6) is -2.49. The van der Waals surface area contributed by atoms with Gasteiger partial charge in [-0.3, -0.25) is 14.4 Å². The van der Waals surface area contributed by atoms with Crippen LogP contribution in [0.25, 0.3) is 0 Å². The molecule has 0 fully saturated rings. The molecule has 0 spiro atoms. The number of hydrogen-bond donors (Lipinski definition) is 2. The van der Waals surface area contributed by atoms with Gasteiger partial charge >= 0.3 is 11.9 Å². The lowest BCUT2D eigenvalue weighted by Crippen LogP contribution is -2.43. The average molecular weight is 392 g/mol. The van der Waals surface area contributed by atoms with Gasteiger partial charge in [-0.1, -0.05) is 37.3 Å². The molecule has 0 radical (unpaired) electrons. The molecule has 0 unspecified atom stereocenters. The van der Waals surface area contributed by atoms with Gasteiger partial charge in [-0.15, -0.1) is 0 Å². The minimum atomic E-state index is -0.988. The van der Waals surface area contributed by atoms with Gasteiger partial charge in [0.2, 0.25) is 11.8 Å². The Morgan fingerprint density at radius 3 is 1.93 bits per heavy atom. The Hall–Kier alpha value is -2.90. The first kappa shape index (κ1) is 23.1. The monoisotopic (exact) mass is 392 g/mol. The van der Waals surface area contributed by atoms with Crippen LogP contribution in [-0.4, -0.2) is 44.0 Å². The van der Waals surface area contributed by atoms with E-state index in [9.17, 15) is 19.2 Å². The van der Waals surface area contributed by atoms with Gasteiger partial charge in [-0.25, -0.2) is 4.79 Å². The predicted molar refractivity (Wildman–Crippen MR) is 102 cm³/mol. The number of ether oxygens (including phenoxy) is 2. The first-order chi connectivity index (χ1) is 13.3. The lowest BCUT2D eigenvalue weighted by molar-refractivity contribution is -0.148. The maximum absolute atomic E-state index is 12.1. The fourth-order valence-corrected chi connectivity index (χ4v) is 2.64. The predicted octanol–water partition coefficient (Wildman–Crippen LogP) is 1.50. The van der Waals surface area contributed by atoms with E-state index in [0.29, 0.717) is 0 Å². The Morgan fingerprint density at radius 1 is 0.857 bits per heavy atom. The molecular formula is C20H28N2O6. The summed E-state index contributed by atoms with van der Waals surface area (Å²) in [6, 6.07) is 8.29. The molecule has 2 amide bonds. The van der Waals surface area contributed by atoms with Crippen molar-refractivity contribution in [3.63, 3.8) is 0 Å². The third-order valence-corrected chi connectivity index (χ3v) is 4.27. The van der Waals surface area contributed by atoms with E-state index in [1.807, 2.05) is 37.3 Å². The van der Waals surface area contributed by atoms with E-state index in [-0.39, 0.29) is 31.2 Å². The maximum Gasteiger partial charge on any atom is 0.328 e. The van der Waals surface area contributed by atoms with E-state index in [0.717, 1.165) is 5.56 Å². The highest BCUT2D eigenvalue weighted by atomic mass is 16.5. The van der Waals surface area contributed by atoms with E-state index in [2.05, 4.69) is 20.1 Å². The van der Waals surface area contributed by atoms with Crippen molar-refractivity contribution in [3.05, 3.63) is 35.9 Å². The van der Waals surface area contributed by atoms with E-state index in [1.165, 1.54) is 14.2 Å². The fraction of sp³-hybridized carbons (Fsp3) is 0.500. The van der Waals surface area contributed by atoms with E-state index in [1.54, 1.807) is 6.92 Å². The molecule has 3 atom stereocenters. The van der Waals surface area contributed by atoms with Gasteiger partial charge in [-0.05, 0) is 18.9 Å². The highest BCUT2D eigenvalue weighted by Gasteiger charge is 2.27. The molecule has 154 valence electrons. The highest BCUT2D eigenvalue weighted by Crippen LogP contribution is 2.12. The van der Waals surface area contributed by atoms with E-state index >= 15 is 0 Å². The van der Waals surface area contributed by atoms with Crippen LogP contribution >= 0.6 is 0 Å². The number of hydrogen-bond acceptors (Lipinski definition) is 6. The standard InChI is InChI=1S/C20H28N2O6/c1-13(19(25)27-3)12-16(20(26)28-4)22-18(24)11-10-17(23)21-14(2)15-8-6-5-7-9-15/h5-9,13-14,16H,10-12H2,1-4H3,(H,21,23)(H,22,24)/t13-,14+,16+/m0/s1. The third-order valence-electron chi connectivity index (χ3n) is 4.27. The Balaban J connectivity index is 2.51. The van der Waals surface area contributed by atoms with Crippen molar-refractivity contribution in [1.82, 2.24) is 10.6 Å². The minimum Gasteiger partial charge on any atom is -0.469 e. The zero-order valence-electron chi connectivity index (χ0n) is 16.7. The maximum atomic E-state index is 12.1. The molecule has 1 aromatic rings. The van der Waals surface area contributed by atoms with Gasteiger partial charge < -0.3 is 20.1 Å². The molecule has 0 heterocycles. The first-order valence-corrected chi connectivity index (χ1v) is 9.07. The smallest absolute Gasteiger partial charge is 0.328 e. The normalized spacial score (nSPS) is 13.6. The largest absolute Gasteiger partial charge is 0.469 e. The summed E-state index contributed by atoms with van der Waals surface area (Å²) < 4.78 is 9.30. The number of benzene rings is 1. The number of carbonyl (C=O) groups excluding carboxylic acids is 4. The molecule has 1 rings (SSSR count). The quantitative estimate of drug-likeness (QED) is 0.584. The van der Waals surface area contributed by atoms with E-state index < -0.39 is 29.8 Å². The van der Waals surface area contributed by atoms with Gasteiger partial charge in [0.15, 0.2) is 0 Å². The van der Waals surface area contributed by atoms with Gasteiger partial charge in [0, 0.05) is 12.8 Å². The summed E-state index contributed by atoms with van der Waals surface area (Å²) in [6.45, 7) is 3.45. The molecule has 0 aliphatic rings. The number of carbonyl (C=O) groups is 4. The molecule has 0 aromatic heterocycles. The van der Waals surface area contributed by atoms with Crippen LogP contribution in [0.4, 0.5) is 0 Å². The second kappa shape index (κ2) is 11.7. The summed E-state index contributed by atoms with van der Waals surface area (Å²) in [4.78, 5) is 47.6. The summed E-state index contributed by atoms with van der Waals surface area (Å²) in [7, 11) is 2.45. The summed E-state index contributed by atoms with van der Waals surface area (Å²) in [5, 5.41) is 5.34. The molecule has 0 bridgehead atoms. The molecule has 0 aliphatic carbocycles. The van der Waals surface area contributed by atoms with Crippen LogP contribution < -0.4 is 10.6 Å². The Kier molecular flexibility index (Phi) is 9.70. The molecule has 0 saturated heterocycles. The van der Waals surface area contributed by atoms with Crippen molar-refractivity contribution < 1.29 is 28.7 Å². The molecule has 28 heavy (non-hydrogen) atoms. The average Bonchev–Trinajstić information content (AvgIpc) is 2.70. The van der Waals surface area contributed by atoms with Gasteiger partial charge in [0.25, 0.3) is 0 Å². The summed E-state index contributed by atoms with van der Waals surface area (Å²) in [6.07, 6.45) is -0.0702. The molecule has 8 heteroatoms. The Labute approximate surface area is 165 Å². The number of rotatable bonds is 10. The van der Waals surface area contributed by atoms with Crippen LogP contribution in [0.1, 0.15) is 44.7 Å². The fourth-order valence-electron chi connectivity index (χ4n) is 2.64. The third kappa shape index (κ3) is 7.77. The van der Waals surface area contributed by atoms with Crippen LogP contribution in [0.2, 0.25) is 0 Å². The van der Waals surface area contributed by atoms with Crippen molar-refractivity contribution >= 4 is 23.8 Å². The van der Waals surface area contributed by atoms with Crippen LogP contribution in [-0.2, 0) is 28.7 Å². The van der Waals surface area contributed by atoms with Crippen molar-refractivity contribution in [3.8, 4) is 0 Å². The second-order valence-corrected chi connectivity index (χ2v) is 6.50. The minimum absolute atomic E-state index is 0.0244. The van der Waals surface area contributed by atoms with Crippen LogP contribution in [0, 0.1) is 5.92 Å².